The number of carbonyl (C=O) groups excluding carboxylic acids is 2. The van der Waals surface area contributed by atoms with Crippen molar-refractivity contribution in [2.75, 3.05) is 5.32 Å². The van der Waals surface area contributed by atoms with E-state index in [-0.39, 0.29) is 0 Å². The number of benzene rings is 2. The molecule has 26 heavy (non-hydrogen) atoms. The van der Waals surface area contributed by atoms with Crippen LogP contribution in [0.25, 0.3) is 5.69 Å². The molecule has 1 N–H and O–H groups in total. The van der Waals surface area contributed by atoms with Crippen molar-refractivity contribution in [1.29, 1.82) is 0 Å². The largest absolute Gasteiger partial charge is 0.319 e. The standard InChI is InChI=1S/C20H16ClFN2O2/c1-12-10-18(13(2)24(12)17-5-3-4-14(21)11-17)19(25)20(26)23-16-8-6-15(22)7-9-16/h3-11H,1-2H3,(H,23,26). The van der Waals surface area contributed by atoms with Crippen LogP contribution in [0.2, 0.25) is 5.02 Å². The summed E-state index contributed by atoms with van der Waals surface area (Å²) in [6.45, 7) is 3.62. The van der Waals surface area contributed by atoms with Crippen LogP contribution in [0.4, 0.5) is 10.1 Å². The Hall–Kier alpha value is -2.92. The first-order valence-electron chi connectivity index (χ1n) is 7.93. The van der Waals surface area contributed by atoms with E-state index in [4.69, 9.17) is 11.6 Å². The lowest BCUT2D eigenvalue weighted by molar-refractivity contribution is -0.112. The highest BCUT2D eigenvalue weighted by Gasteiger charge is 2.22. The second-order valence-electron chi connectivity index (χ2n) is 5.89. The van der Waals surface area contributed by atoms with Crippen molar-refractivity contribution in [3.05, 3.63) is 82.4 Å². The predicted molar refractivity (Wildman–Crippen MR) is 99.6 cm³/mol. The van der Waals surface area contributed by atoms with Gasteiger partial charge in [0.15, 0.2) is 0 Å². The highest BCUT2D eigenvalue weighted by atomic mass is 35.5. The Morgan fingerprint density at radius 3 is 2.38 bits per heavy atom. The molecule has 1 heterocycles. The molecule has 3 rings (SSSR count). The van der Waals surface area contributed by atoms with Crippen molar-refractivity contribution in [1.82, 2.24) is 4.57 Å². The van der Waals surface area contributed by atoms with Crippen molar-refractivity contribution in [2.24, 2.45) is 0 Å². The zero-order valence-electron chi connectivity index (χ0n) is 14.2. The Labute approximate surface area is 155 Å². The Morgan fingerprint density at radius 1 is 1.04 bits per heavy atom. The number of rotatable bonds is 4. The van der Waals surface area contributed by atoms with Crippen molar-refractivity contribution in [2.45, 2.75) is 13.8 Å². The van der Waals surface area contributed by atoms with E-state index in [1.54, 1.807) is 25.1 Å². The molecule has 6 heteroatoms. The summed E-state index contributed by atoms with van der Waals surface area (Å²) >= 11 is 6.05. The average molecular weight is 371 g/mol. The first kappa shape index (κ1) is 17.9. The molecule has 0 radical (unpaired) electrons. The summed E-state index contributed by atoms with van der Waals surface area (Å²) in [7, 11) is 0. The summed E-state index contributed by atoms with van der Waals surface area (Å²) in [6, 6.07) is 14.1. The van der Waals surface area contributed by atoms with Gasteiger partial charge in [0.25, 0.3) is 11.7 Å². The number of aryl methyl sites for hydroxylation is 1. The molecule has 1 aromatic heterocycles. The van der Waals surface area contributed by atoms with Gasteiger partial charge in [-0.2, -0.15) is 0 Å². The van der Waals surface area contributed by atoms with E-state index in [1.807, 2.05) is 23.6 Å². The van der Waals surface area contributed by atoms with Crippen LogP contribution < -0.4 is 5.32 Å². The van der Waals surface area contributed by atoms with Crippen LogP contribution in [-0.2, 0) is 4.79 Å². The molecular weight excluding hydrogens is 355 g/mol. The molecule has 4 nitrogen and oxygen atoms in total. The number of amides is 1. The fourth-order valence-electron chi connectivity index (χ4n) is 2.85. The molecule has 0 saturated heterocycles. The number of Topliss-reactive ketones (excluding diaryl/α,β-unsaturated/α-hetero) is 1. The van der Waals surface area contributed by atoms with Crippen LogP contribution in [0.15, 0.2) is 54.6 Å². The van der Waals surface area contributed by atoms with Gasteiger partial charge < -0.3 is 9.88 Å². The van der Waals surface area contributed by atoms with E-state index >= 15 is 0 Å². The third-order valence-electron chi connectivity index (χ3n) is 4.05. The molecule has 1 amide bonds. The van der Waals surface area contributed by atoms with Gasteiger partial charge >= 0.3 is 0 Å². The van der Waals surface area contributed by atoms with Gasteiger partial charge in [0.1, 0.15) is 5.82 Å². The van der Waals surface area contributed by atoms with Crippen LogP contribution in [0.1, 0.15) is 21.7 Å². The lowest BCUT2D eigenvalue weighted by Gasteiger charge is -2.10. The molecule has 0 aliphatic heterocycles. The van der Waals surface area contributed by atoms with Gasteiger partial charge in [-0.15, -0.1) is 0 Å². The minimum atomic E-state index is -0.775. The molecule has 0 atom stereocenters. The number of nitrogens with one attached hydrogen (secondary N) is 1. The topological polar surface area (TPSA) is 51.1 Å². The van der Waals surface area contributed by atoms with Crippen LogP contribution in [0.3, 0.4) is 0 Å². The predicted octanol–water partition coefficient (Wildman–Crippen LogP) is 4.71. The first-order chi connectivity index (χ1) is 12.4. The fraction of sp³-hybridized carbons (Fsp3) is 0.100. The molecular formula is C20H16ClFN2O2. The minimum absolute atomic E-state index is 0.307. The van der Waals surface area contributed by atoms with Gasteiger partial charge in [-0.1, -0.05) is 17.7 Å². The number of nitrogens with zero attached hydrogens (tertiary/aromatic N) is 1. The Morgan fingerprint density at radius 2 is 1.73 bits per heavy atom. The van der Waals surface area contributed by atoms with E-state index in [0.717, 1.165) is 11.4 Å². The first-order valence-corrected chi connectivity index (χ1v) is 8.31. The van der Waals surface area contributed by atoms with Crippen LogP contribution in [0.5, 0.6) is 0 Å². The lowest BCUT2D eigenvalue weighted by atomic mass is 10.1. The number of carbonyl (C=O) groups is 2. The van der Waals surface area contributed by atoms with Crippen molar-refractivity contribution >= 4 is 29.0 Å². The second-order valence-corrected chi connectivity index (χ2v) is 6.33. The maximum Gasteiger partial charge on any atom is 0.296 e. The number of anilines is 1. The molecule has 0 unspecified atom stereocenters. The Balaban J connectivity index is 1.89. The summed E-state index contributed by atoms with van der Waals surface area (Å²) in [5, 5.41) is 3.07. The molecule has 0 bridgehead atoms. The van der Waals surface area contributed by atoms with Gasteiger partial charge in [0.05, 0.1) is 0 Å². The monoisotopic (exact) mass is 370 g/mol. The molecule has 3 aromatic rings. The Bertz CT molecular complexity index is 994. The quantitative estimate of drug-likeness (QED) is 0.534. The maximum atomic E-state index is 12.9. The highest BCUT2D eigenvalue weighted by molar-refractivity contribution is 6.46. The molecule has 0 fully saturated rings. The molecule has 132 valence electrons. The molecule has 2 aromatic carbocycles. The van der Waals surface area contributed by atoms with E-state index in [1.165, 1.54) is 24.3 Å². The van der Waals surface area contributed by atoms with E-state index in [9.17, 15) is 14.0 Å². The van der Waals surface area contributed by atoms with Gasteiger partial charge in [0.2, 0.25) is 0 Å². The summed E-state index contributed by atoms with van der Waals surface area (Å²) < 4.78 is 14.8. The van der Waals surface area contributed by atoms with Crippen molar-refractivity contribution in [3.8, 4) is 5.69 Å². The van der Waals surface area contributed by atoms with E-state index in [2.05, 4.69) is 5.32 Å². The number of ketones is 1. The maximum absolute atomic E-state index is 12.9. The molecule has 0 saturated carbocycles. The van der Waals surface area contributed by atoms with Crippen molar-refractivity contribution in [3.63, 3.8) is 0 Å². The highest BCUT2D eigenvalue weighted by Crippen LogP contribution is 2.23. The summed E-state index contributed by atoms with van der Waals surface area (Å²) in [6.07, 6.45) is 0. The lowest BCUT2D eigenvalue weighted by Crippen LogP contribution is -2.23. The summed E-state index contributed by atoms with van der Waals surface area (Å²) in [5.74, 6) is -1.85. The van der Waals surface area contributed by atoms with Gasteiger partial charge in [-0.3, -0.25) is 9.59 Å². The normalized spacial score (nSPS) is 10.6. The average Bonchev–Trinajstić information content (AvgIpc) is 2.90. The second kappa shape index (κ2) is 7.14. The number of hydrogen-bond donors (Lipinski definition) is 1. The molecule has 0 spiro atoms. The van der Waals surface area contributed by atoms with Crippen LogP contribution in [-0.4, -0.2) is 16.3 Å². The van der Waals surface area contributed by atoms with Gasteiger partial charge in [-0.25, -0.2) is 4.39 Å². The smallest absolute Gasteiger partial charge is 0.296 e. The van der Waals surface area contributed by atoms with Crippen molar-refractivity contribution < 1.29 is 14.0 Å². The fourth-order valence-corrected chi connectivity index (χ4v) is 3.03. The van der Waals surface area contributed by atoms with Crippen LogP contribution >= 0.6 is 11.6 Å². The number of halogens is 2. The van der Waals surface area contributed by atoms with E-state index < -0.39 is 17.5 Å². The minimum Gasteiger partial charge on any atom is -0.319 e. The summed E-state index contributed by atoms with van der Waals surface area (Å²) in [4.78, 5) is 24.9. The summed E-state index contributed by atoms with van der Waals surface area (Å²) in [5.41, 5.74) is 2.92. The molecule has 0 aliphatic carbocycles. The zero-order chi connectivity index (χ0) is 18.8. The van der Waals surface area contributed by atoms with Gasteiger partial charge in [-0.05, 0) is 62.4 Å². The molecule has 0 aliphatic rings. The third kappa shape index (κ3) is 3.53. The third-order valence-corrected chi connectivity index (χ3v) is 4.29. The zero-order valence-corrected chi connectivity index (χ0v) is 15.0. The Kier molecular flexibility index (Phi) is 4.91. The van der Waals surface area contributed by atoms with E-state index in [0.29, 0.717) is 22.0 Å². The number of aromatic nitrogens is 1. The number of hydrogen-bond acceptors (Lipinski definition) is 2. The SMILES string of the molecule is Cc1cc(C(=O)C(=O)Nc2ccc(F)cc2)c(C)n1-c1cccc(Cl)c1. The van der Waals surface area contributed by atoms with Gasteiger partial charge in [0, 0.05) is 33.3 Å². The van der Waals surface area contributed by atoms with Crippen LogP contribution in [0, 0.1) is 19.7 Å².